The second-order valence-corrected chi connectivity index (χ2v) is 5.09. The number of hydrogen-bond acceptors (Lipinski definition) is 3. The first-order valence-electron chi connectivity index (χ1n) is 5.98. The van der Waals surface area contributed by atoms with Crippen molar-refractivity contribution in [1.82, 2.24) is 4.98 Å². The number of pyridine rings is 1. The van der Waals surface area contributed by atoms with E-state index in [9.17, 15) is 0 Å². The van der Waals surface area contributed by atoms with Gasteiger partial charge in [-0.15, -0.1) is 11.6 Å². The van der Waals surface area contributed by atoms with Crippen molar-refractivity contribution in [2.45, 2.75) is 31.2 Å². The molecule has 0 aromatic carbocycles. The Morgan fingerprint density at radius 2 is 2.41 bits per heavy atom. The van der Waals surface area contributed by atoms with Crippen LogP contribution < -0.4 is 4.90 Å². The van der Waals surface area contributed by atoms with Crippen LogP contribution in [0.25, 0.3) is 0 Å². The van der Waals surface area contributed by atoms with E-state index in [4.69, 9.17) is 16.3 Å². The molecule has 0 radical (unpaired) electrons. The average Bonchev–Trinajstić information content (AvgIpc) is 2.39. The van der Waals surface area contributed by atoms with Crippen LogP contribution in [0.15, 0.2) is 18.3 Å². The van der Waals surface area contributed by atoms with E-state index in [1.165, 1.54) is 5.69 Å². The second-order valence-electron chi connectivity index (χ2n) is 4.82. The highest BCUT2D eigenvalue weighted by molar-refractivity contribution is 6.16. The molecule has 1 aliphatic rings. The monoisotopic (exact) mass is 254 g/mol. The van der Waals surface area contributed by atoms with Crippen LogP contribution in [0, 0.1) is 0 Å². The number of rotatable bonds is 3. The van der Waals surface area contributed by atoms with Gasteiger partial charge < -0.3 is 9.64 Å². The van der Waals surface area contributed by atoms with Gasteiger partial charge in [0.1, 0.15) is 0 Å². The molecule has 2 heterocycles. The van der Waals surface area contributed by atoms with Gasteiger partial charge in [0.05, 0.1) is 17.2 Å². The summed E-state index contributed by atoms with van der Waals surface area (Å²) in [6.45, 7) is 4.17. The first kappa shape index (κ1) is 12.7. The summed E-state index contributed by atoms with van der Waals surface area (Å²) in [5, 5.41) is 0. The number of hydrogen-bond donors (Lipinski definition) is 0. The molecule has 1 aromatic rings. The molecule has 0 saturated carbocycles. The van der Waals surface area contributed by atoms with Crippen molar-refractivity contribution < 1.29 is 4.74 Å². The lowest BCUT2D eigenvalue weighted by molar-refractivity contribution is -0.00465. The number of halogens is 1. The molecule has 0 N–H and O–H groups in total. The quantitative estimate of drug-likeness (QED) is 0.776. The van der Waals surface area contributed by atoms with Gasteiger partial charge in [-0.25, -0.2) is 0 Å². The van der Waals surface area contributed by atoms with E-state index in [2.05, 4.69) is 22.9 Å². The Hall–Kier alpha value is -0.800. The van der Waals surface area contributed by atoms with Crippen LogP contribution in [0.2, 0.25) is 0 Å². The minimum absolute atomic E-state index is 0.0390. The molecule has 0 bridgehead atoms. The van der Waals surface area contributed by atoms with Crippen molar-refractivity contribution in [3.63, 3.8) is 0 Å². The Morgan fingerprint density at radius 3 is 3.12 bits per heavy atom. The minimum atomic E-state index is -0.0390. The van der Waals surface area contributed by atoms with Crippen molar-refractivity contribution in [3.05, 3.63) is 24.0 Å². The third-order valence-corrected chi connectivity index (χ3v) is 3.73. The van der Waals surface area contributed by atoms with Gasteiger partial charge in [0.2, 0.25) is 0 Å². The fraction of sp³-hybridized carbons (Fsp3) is 0.615. The van der Waals surface area contributed by atoms with Crippen molar-refractivity contribution >= 4 is 17.3 Å². The molecule has 4 heteroatoms. The summed E-state index contributed by atoms with van der Waals surface area (Å²) in [7, 11) is 1.79. The topological polar surface area (TPSA) is 25.4 Å². The highest BCUT2D eigenvalue weighted by Gasteiger charge is 2.30. The van der Waals surface area contributed by atoms with E-state index < -0.39 is 0 Å². The van der Waals surface area contributed by atoms with Crippen LogP contribution in [-0.4, -0.2) is 30.8 Å². The predicted octanol–water partition coefficient (Wildman–Crippen LogP) is 2.83. The third-order valence-electron chi connectivity index (χ3n) is 3.45. The first-order valence-corrected chi connectivity index (χ1v) is 6.51. The molecule has 17 heavy (non-hydrogen) atoms. The van der Waals surface area contributed by atoms with Crippen LogP contribution in [0.3, 0.4) is 0 Å². The summed E-state index contributed by atoms with van der Waals surface area (Å²) in [5.74, 6) is 0.462. The van der Waals surface area contributed by atoms with E-state index in [1.54, 1.807) is 7.11 Å². The Kier molecular flexibility index (Phi) is 3.89. The Labute approximate surface area is 108 Å². The fourth-order valence-corrected chi connectivity index (χ4v) is 2.47. The number of alkyl halides is 1. The fourth-order valence-electron chi connectivity index (χ4n) is 2.33. The van der Waals surface area contributed by atoms with Crippen molar-refractivity contribution in [3.8, 4) is 0 Å². The maximum Gasteiger partial charge on any atom is 0.0825 e. The number of aromatic nitrogens is 1. The number of piperidine rings is 1. The second kappa shape index (κ2) is 5.23. The molecule has 0 aliphatic carbocycles. The van der Waals surface area contributed by atoms with Gasteiger partial charge in [-0.3, -0.25) is 4.98 Å². The molecular formula is C13H19ClN2O. The Bertz CT molecular complexity index is 385. The predicted molar refractivity (Wildman–Crippen MR) is 70.7 cm³/mol. The molecule has 1 aromatic heterocycles. The molecular weight excluding hydrogens is 236 g/mol. The largest absolute Gasteiger partial charge is 0.377 e. The lowest BCUT2D eigenvalue weighted by atomic mass is 9.94. The molecule has 2 rings (SSSR count). The summed E-state index contributed by atoms with van der Waals surface area (Å²) in [6.07, 6.45) is 4.10. The zero-order valence-corrected chi connectivity index (χ0v) is 11.2. The summed E-state index contributed by atoms with van der Waals surface area (Å²) in [6, 6.07) is 4.10. The lowest BCUT2D eigenvalue weighted by Crippen LogP contribution is -2.47. The summed E-state index contributed by atoms with van der Waals surface area (Å²) >= 11 is 5.82. The Balaban J connectivity index is 2.16. The van der Waals surface area contributed by atoms with Crippen LogP contribution in [0.4, 0.5) is 5.69 Å². The molecule has 1 unspecified atom stereocenters. The highest BCUT2D eigenvalue weighted by atomic mass is 35.5. The SMILES string of the molecule is COC1(C)CCCN(c2ccnc(CCl)c2)C1. The number of nitrogens with zero attached hydrogens (tertiary/aromatic N) is 2. The van der Waals surface area contributed by atoms with Gasteiger partial charge in [-0.1, -0.05) is 0 Å². The highest BCUT2D eigenvalue weighted by Crippen LogP contribution is 2.28. The van der Waals surface area contributed by atoms with Gasteiger partial charge in [0, 0.05) is 32.1 Å². The minimum Gasteiger partial charge on any atom is -0.377 e. The maximum atomic E-state index is 5.82. The van der Waals surface area contributed by atoms with E-state index in [1.807, 2.05) is 12.3 Å². The summed E-state index contributed by atoms with van der Waals surface area (Å²) in [4.78, 5) is 6.57. The van der Waals surface area contributed by atoms with Crippen LogP contribution in [-0.2, 0) is 10.6 Å². The van der Waals surface area contributed by atoms with E-state index in [0.29, 0.717) is 5.88 Å². The average molecular weight is 255 g/mol. The van der Waals surface area contributed by atoms with Crippen molar-refractivity contribution in [2.75, 3.05) is 25.1 Å². The van der Waals surface area contributed by atoms with Crippen molar-refractivity contribution in [2.24, 2.45) is 0 Å². The van der Waals surface area contributed by atoms with E-state index in [-0.39, 0.29) is 5.60 Å². The lowest BCUT2D eigenvalue weighted by Gasteiger charge is -2.40. The summed E-state index contributed by atoms with van der Waals surface area (Å²) in [5.41, 5.74) is 2.08. The van der Waals surface area contributed by atoms with Gasteiger partial charge in [-0.2, -0.15) is 0 Å². The first-order chi connectivity index (χ1) is 8.17. The smallest absolute Gasteiger partial charge is 0.0825 e. The molecule has 0 amide bonds. The van der Waals surface area contributed by atoms with Gasteiger partial charge in [0.25, 0.3) is 0 Å². The molecule has 1 aliphatic heterocycles. The summed E-state index contributed by atoms with van der Waals surface area (Å²) < 4.78 is 5.60. The molecule has 3 nitrogen and oxygen atoms in total. The van der Waals surface area contributed by atoms with E-state index >= 15 is 0 Å². The van der Waals surface area contributed by atoms with Gasteiger partial charge >= 0.3 is 0 Å². The zero-order valence-electron chi connectivity index (χ0n) is 10.4. The van der Waals surface area contributed by atoms with Crippen LogP contribution in [0.5, 0.6) is 0 Å². The molecule has 0 spiro atoms. The molecule has 1 saturated heterocycles. The molecule has 1 atom stereocenters. The maximum absolute atomic E-state index is 5.82. The Morgan fingerprint density at radius 1 is 1.59 bits per heavy atom. The number of ether oxygens (including phenoxy) is 1. The van der Waals surface area contributed by atoms with Gasteiger partial charge in [-0.05, 0) is 31.9 Å². The standard InChI is InChI=1S/C13H19ClN2O/c1-13(17-2)5-3-7-16(10-13)12-4-6-15-11(8-12)9-14/h4,6,8H,3,5,7,9-10H2,1-2H3. The third kappa shape index (κ3) is 2.90. The van der Waals surface area contributed by atoms with Crippen molar-refractivity contribution in [1.29, 1.82) is 0 Å². The van der Waals surface area contributed by atoms with Crippen LogP contribution in [0.1, 0.15) is 25.5 Å². The molecule has 1 fully saturated rings. The number of methoxy groups -OCH3 is 1. The van der Waals surface area contributed by atoms with Gasteiger partial charge in [0.15, 0.2) is 0 Å². The number of anilines is 1. The van der Waals surface area contributed by atoms with E-state index in [0.717, 1.165) is 31.6 Å². The zero-order chi connectivity index (χ0) is 12.3. The molecule has 94 valence electrons. The normalized spacial score (nSPS) is 25.0. The van der Waals surface area contributed by atoms with Crippen LogP contribution >= 0.6 is 11.6 Å².